The number of amides is 1. The maximum absolute atomic E-state index is 13.1. The molecule has 0 aliphatic carbocycles. The Kier molecular flexibility index (Phi) is 5.38. The second-order valence-electron chi connectivity index (χ2n) is 6.69. The van der Waals surface area contributed by atoms with E-state index in [4.69, 9.17) is 0 Å². The molecule has 1 N–H and O–H groups in total. The van der Waals surface area contributed by atoms with E-state index in [0.717, 1.165) is 12.0 Å². The molecular formula is C19H22FN3O2. The highest BCUT2D eigenvalue weighted by Crippen LogP contribution is 2.34. The molecule has 1 aliphatic heterocycles. The van der Waals surface area contributed by atoms with Crippen molar-refractivity contribution >= 4 is 5.91 Å². The number of aliphatic hydroxyl groups excluding tert-OH is 1. The van der Waals surface area contributed by atoms with E-state index in [1.807, 2.05) is 4.90 Å². The van der Waals surface area contributed by atoms with E-state index in [9.17, 15) is 14.3 Å². The first-order valence-electron chi connectivity index (χ1n) is 8.49. The highest BCUT2D eigenvalue weighted by atomic mass is 19.1. The third-order valence-corrected chi connectivity index (χ3v) is 4.80. The average molecular weight is 343 g/mol. The molecular weight excluding hydrogens is 321 g/mol. The number of carbonyl (C=O) groups is 1. The number of benzene rings is 1. The molecule has 1 fully saturated rings. The van der Waals surface area contributed by atoms with Gasteiger partial charge in [0, 0.05) is 43.7 Å². The van der Waals surface area contributed by atoms with Gasteiger partial charge in [-0.1, -0.05) is 12.1 Å². The van der Waals surface area contributed by atoms with Crippen molar-refractivity contribution in [2.75, 3.05) is 19.7 Å². The molecule has 3 rings (SSSR count). The number of aliphatic hydroxyl groups is 1. The lowest BCUT2D eigenvalue weighted by atomic mass is 9.81. The molecule has 1 saturated heterocycles. The smallest absolute Gasteiger partial charge is 0.223 e. The molecule has 2 heterocycles. The van der Waals surface area contributed by atoms with E-state index < -0.39 is 0 Å². The highest BCUT2D eigenvalue weighted by molar-refractivity contribution is 5.76. The van der Waals surface area contributed by atoms with E-state index >= 15 is 0 Å². The van der Waals surface area contributed by atoms with Crippen molar-refractivity contribution < 1.29 is 14.3 Å². The maximum atomic E-state index is 13.1. The summed E-state index contributed by atoms with van der Waals surface area (Å²) in [5.41, 5.74) is 0.624. The van der Waals surface area contributed by atoms with Gasteiger partial charge in [-0.2, -0.15) is 0 Å². The summed E-state index contributed by atoms with van der Waals surface area (Å²) in [6.45, 7) is 1.17. The van der Waals surface area contributed by atoms with Crippen LogP contribution in [0.25, 0.3) is 0 Å². The van der Waals surface area contributed by atoms with Gasteiger partial charge in [0.05, 0.1) is 6.61 Å². The van der Waals surface area contributed by atoms with Gasteiger partial charge in [0.25, 0.3) is 0 Å². The van der Waals surface area contributed by atoms with E-state index in [0.29, 0.717) is 38.2 Å². The standard InChI is InChI=1S/C19H22FN3O2/c20-16-4-2-15(3-5-16)12-19(14-24)8-11-23(13-19)18(25)7-6-17-21-9-1-10-22-17/h1-5,9-10,24H,6-8,11-14H2. The van der Waals surface area contributed by atoms with Crippen molar-refractivity contribution in [2.24, 2.45) is 5.41 Å². The van der Waals surface area contributed by atoms with E-state index in [-0.39, 0.29) is 23.7 Å². The molecule has 2 aromatic rings. The minimum absolute atomic E-state index is 0.00987. The van der Waals surface area contributed by atoms with Crippen molar-refractivity contribution in [2.45, 2.75) is 25.7 Å². The molecule has 1 aromatic heterocycles. The molecule has 0 spiro atoms. The summed E-state index contributed by atoms with van der Waals surface area (Å²) in [5, 5.41) is 9.91. The molecule has 0 bridgehead atoms. The predicted molar refractivity (Wildman–Crippen MR) is 91.2 cm³/mol. The van der Waals surface area contributed by atoms with Gasteiger partial charge in [0.15, 0.2) is 0 Å². The summed E-state index contributed by atoms with van der Waals surface area (Å²) < 4.78 is 13.1. The Bertz CT molecular complexity index is 708. The van der Waals surface area contributed by atoms with E-state index in [1.165, 1.54) is 12.1 Å². The van der Waals surface area contributed by atoms with Crippen molar-refractivity contribution in [1.82, 2.24) is 14.9 Å². The van der Waals surface area contributed by atoms with Crippen LogP contribution in [0.1, 0.15) is 24.2 Å². The number of likely N-dealkylation sites (tertiary alicyclic amines) is 1. The Labute approximate surface area is 146 Å². The Morgan fingerprint density at radius 1 is 1.24 bits per heavy atom. The fraction of sp³-hybridized carbons (Fsp3) is 0.421. The molecule has 1 aromatic carbocycles. The summed E-state index contributed by atoms with van der Waals surface area (Å²) in [4.78, 5) is 22.5. The molecule has 6 heteroatoms. The van der Waals surface area contributed by atoms with E-state index in [2.05, 4.69) is 9.97 Å². The highest BCUT2D eigenvalue weighted by Gasteiger charge is 2.39. The van der Waals surface area contributed by atoms with Crippen LogP contribution < -0.4 is 0 Å². The lowest BCUT2D eigenvalue weighted by Crippen LogP contribution is -2.35. The van der Waals surface area contributed by atoms with Gasteiger partial charge >= 0.3 is 0 Å². The number of aryl methyl sites for hydroxylation is 1. The Balaban J connectivity index is 1.58. The van der Waals surface area contributed by atoms with Crippen LogP contribution in [0.5, 0.6) is 0 Å². The molecule has 1 unspecified atom stereocenters. The summed E-state index contributed by atoms with van der Waals surface area (Å²) in [6.07, 6.45) is 5.59. The van der Waals surface area contributed by atoms with Crippen LogP contribution in [0.3, 0.4) is 0 Å². The van der Waals surface area contributed by atoms with Crippen LogP contribution in [0.15, 0.2) is 42.7 Å². The number of rotatable bonds is 6. The fourth-order valence-corrected chi connectivity index (χ4v) is 3.35. The van der Waals surface area contributed by atoms with Crippen LogP contribution in [-0.4, -0.2) is 45.6 Å². The van der Waals surface area contributed by atoms with Crippen LogP contribution in [0.4, 0.5) is 4.39 Å². The molecule has 0 saturated carbocycles. The summed E-state index contributed by atoms with van der Waals surface area (Å²) in [6, 6.07) is 8.08. The zero-order valence-corrected chi connectivity index (χ0v) is 14.1. The molecule has 0 radical (unpaired) electrons. The quantitative estimate of drug-likeness (QED) is 0.871. The van der Waals surface area contributed by atoms with Crippen molar-refractivity contribution in [3.63, 3.8) is 0 Å². The largest absolute Gasteiger partial charge is 0.396 e. The lowest BCUT2D eigenvalue weighted by molar-refractivity contribution is -0.130. The first kappa shape index (κ1) is 17.5. The van der Waals surface area contributed by atoms with Crippen LogP contribution >= 0.6 is 0 Å². The SMILES string of the molecule is O=C(CCc1ncccn1)N1CCC(CO)(Cc2ccc(F)cc2)C1. The van der Waals surface area contributed by atoms with Gasteiger partial charge in [-0.15, -0.1) is 0 Å². The molecule has 25 heavy (non-hydrogen) atoms. The van der Waals surface area contributed by atoms with Gasteiger partial charge in [-0.05, 0) is 36.6 Å². The van der Waals surface area contributed by atoms with Crippen molar-refractivity contribution in [3.8, 4) is 0 Å². The third kappa shape index (κ3) is 4.39. The second-order valence-corrected chi connectivity index (χ2v) is 6.69. The molecule has 132 valence electrons. The van der Waals surface area contributed by atoms with Crippen molar-refractivity contribution in [3.05, 3.63) is 59.9 Å². The summed E-state index contributed by atoms with van der Waals surface area (Å²) in [5.74, 6) is 0.449. The van der Waals surface area contributed by atoms with Gasteiger partial charge < -0.3 is 10.0 Å². The number of halogens is 1. The predicted octanol–water partition coefficient (Wildman–Crippen LogP) is 2.00. The van der Waals surface area contributed by atoms with Gasteiger partial charge in [0.2, 0.25) is 5.91 Å². The van der Waals surface area contributed by atoms with Crippen LogP contribution in [0, 0.1) is 11.2 Å². The average Bonchev–Trinajstić information content (AvgIpc) is 3.07. The van der Waals surface area contributed by atoms with Gasteiger partial charge in [-0.25, -0.2) is 14.4 Å². The molecule has 1 amide bonds. The molecule has 1 aliphatic rings. The molecule has 1 atom stereocenters. The number of hydrogen-bond acceptors (Lipinski definition) is 4. The minimum Gasteiger partial charge on any atom is -0.396 e. The Morgan fingerprint density at radius 2 is 1.96 bits per heavy atom. The van der Waals surface area contributed by atoms with Gasteiger partial charge in [0.1, 0.15) is 11.6 Å². The van der Waals surface area contributed by atoms with Gasteiger partial charge in [-0.3, -0.25) is 4.79 Å². The van der Waals surface area contributed by atoms with Crippen molar-refractivity contribution in [1.29, 1.82) is 0 Å². The Hall–Kier alpha value is -2.34. The zero-order chi connectivity index (χ0) is 17.7. The number of aromatic nitrogens is 2. The first-order chi connectivity index (χ1) is 12.1. The lowest BCUT2D eigenvalue weighted by Gasteiger charge is -2.27. The normalized spacial score (nSPS) is 20.0. The molecule has 5 nitrogen and oxygen atoms in total. The van der Waals surface area contributed by atoms with Crippen LogP contribution in [0.2, 0.25) is 0 Å². The maximum Gasteiger partial charge on any atom is 0.223 e. The zero-order valence-electron chi connectivity index (χ0n) is 14.1. The minimum atomic E-state index is -0.350. The van der Waals surface area contributed by atoms with E-state index in [1.54, 1.807) is 30.6 Å². The number of carbonyl (C=O) groups excluding carboxylic acids is 1. The van der Waals surface area contributed by atoms with Crippen LogP contribution in [-0.2, 0) is 17.6 Å². The Morgan fingerprint density at radius 3 is 2.64 bits per heavy atom. The third-order valence-electron chi connectivity index (χ3n) is 4.80. The fourth-order valence-electron chi connectivity index (χ4n) is 3.35. The topological polar surface area (TPSA) is 66.3 Å². The number of nitrogens with zero attached hydrogens (tertiary/aromatic N) is 3. The summed E-state index contributed by atoms with van der Waals surface area (Å²) in [7, 11) is 0. The first-order valence-corrected chi connectivity index (χ1v) is 8.49. The monoisotopic (exact) mass is 343 g/mol. The second kappa shape index (κ2) is 7.70. The number of hydrogen-bond donors (Lipinski definition) is 1. The summed E-state index contributed by atoms with van der Waals surface area (Å²) >= 11 is 0.